The van der Waals surface area contributed by atoms with Crippen molar-refractivity contribution in [3.05, 3.63) is 34.9 Å². The van der Waals surface area contributed by atoms with Crippen LogP contribution >= 0.6 is 15.9 Å². The van der Waals surface area contributed by atoms with Crippen LogP contribution in [0.3, 0.4) is 0 Å². The summed E-state index contributed by atoms with van der Waals surface area (Å²) < 4.78 is 7.07. The first-order valence-electron chi connectivity index (χ1n) is 6.19. The number of halogens is 1. The Labute approximate surface area is 114 Å². The molecule has 2 atom stereocenters. The quantitative estimate of drug-likeness (QED) is 0.926. The first-order chi connectivity index (χ1) is 8.74. The van der Waals surface area contributed by atoms with Crippen molar-refractivity contribution >= 4 is 26.7 Å². The standard InChI is InChI=1S/C14H15BrN2O/c15-13-3-1-2-12-11(13)6-7-17-14(12)18-10-5-4-9(16)8-10/h1-3,6-7,9-10H,4-5,8,16H2. The first-order valence-corrected chi connectivity index (χ1v) is 6.99. The van der Waals surface area contributed by atoms with Crippen molar-refractivity contribution in [2.24, 2.45) is 5.73 Å². The van der Waals surface area contributed by atoms with Gasteiger partial charge in [-0.15, -0.1) is 0 Å². The van der Waals surface area contributed by atoms with E-state index in [9.17, 15) is 0 Å². The molecule has 1 aliphatic carbocycles. The smallest absolute Gasteiger partial charge is 0.221 e. The van der Waals surface area contributed by atoms with Crippen LogP contribution in [0.5, 0.6) is 5.88 Å². The molecule has 18 heavy (non-hydrogen) atoms. The van der Waals surface area contributed by atoms with Crippen molar-refractivity contribution in [1.82, 2.24) is 4.98 Å². The van der Waals surface area contributed by atoms with Gasteiger partial charge in [0.1, 0.15) is 6.10 Å². The molecule has 2 unspecified atom stereocenters. The summed E-state index contributed by atoms with van der Waals surface area (Å²) in [6.07, 6.45) is 4.98. The molecule has 0 radical (unpaired) electrons. The molecule has 1 aromatic carbocycles. The number of hydrogen-bond acceptors (Lipinski definition) is 3. The second-order valence-corrected chi connectivity index (χ2v) is 5.62. The van der Waals surface area contributed by atoms with Crippen molar-refractivity contribution < 1.29 is 4.74 Å². The molecule has 1 aromatic heterocycles. The molecule has 0 amide bonds. The number of hydrogen-bond donors (Lipinski definition) is 1. The molecule has 3 nitrogen and oxygen atoms in total. The summed E-state index contributed by atoms with van der Waals surface area (Å²) in [5.74, 6) is 0.716. The Hall–Kier alpha value is -1.13. The van der Waals surface area contributed by atoms with Crippen LogP contribution in [0, 0.1) is 0 Å². The maximum absolute atomic E-state index is 6.00. The van der Waals surface area contributed by atoms with Gasteiger partial charge in [0.15, 0.2) is 0 Å². The summed E-state index contributed by atoms with van der Waals surface area (Å²) in [5.41, 5.74) is 5.91. The van der Waals surface area contributed by atoms with Gasteiger partial charge in [0.25, 0.3) is 0 Å². The fourth-order valence-corrected chi connectivity index (χ4v) is 2.97. The van der Waals surface area contributed by atoms with Crippen molar-refractivity contribution in [1.29, 1.82) is 0 Å². The van der Waals surface area contributed by atoms with E-state index >= 15 is 0 Å². The lowest BCUT2D eigenvalue weighted by molar-refractivity contribution is 0.203. The molecule has 94 valence electrons. The van der Waals surface area contributed by atoms with Gasteiger partial charge in [-0.25, -0.2) is 4.98 Å². The zero-order chi connectivity index (χ0) is 12.5. The molecule has 1 aliphatic rings. The Morgan fingerprint density at radius 2 is 2.11 bits per heavy atom. The van der Waals surface area contributed by atoms with E-state index in [0.29, 0.717) is 5.88 Å². The molecule has 0 spiro atoms. The highest BCUT2D eigenvalue weighted by molar-refractivity contribution is 9.10. The van der Waals surface area contributed by atoms with Crippen molar-refractivity contribution in [3.63, 3.8) is 0 Å². The number of ether oxygens (including phenoxy) is 1. The minimum atomic E-state index is 0.206. The zero-order valence-electron chi connectivity index (χ0n) is 9.97. The van der Waals surface area contributed by atoms with E-state index in [1.165, 1.54) is 0 Å². The molecule has 4 heteroatoms. The van der Waals surface area contributed by atoms with Gasteiger partial charge in [-0.05, 0) is 37.5 Å². The molecule has 1 fully saturated rings. The van der Waals surface area contributed by atoms with E-state index in [1.54, 1.807) is 6.20 Å². The summed E-state index contributed by atoms with van der Waals surface area (Å²) in [4.78, 5) is 4.35. The molecule has 2 aromatic rings. The van der Waals surface area contributed by atoms with Gasteiger partial charge in [-0.1, -0.05) is 22.0 Å². The first kappa shape index (κ1) is 11.9. The van der Waals surface area contributed by atoms with Crippen LogP contribution in [0.2, 0.25) is 0 Å². The van der Waals surface area contributed by atoms with Gasteiger partial charge in [0.05, 0.1) is 0 Å². The molecule has 0 aliphatic heterocycles. The summed E-state index contributed by atoms with van der Waals surface area (Å²) in [6, 6.07) is 8.33. The van der Waals surface area contributed by atoms with Gasteiger partial charge < -0.3 is 10.5 Å². The Morgan fingerprint density at radius 1 is 1.22 bits per heavy atom. The largest absolute Gasteiger partial charge is 0.474 e. The predicted octanol–water partition coefficient (Wildman–Crippen LogP) is 3.26. The summed E-state index contributed by atoms with van der Waals surface area (Å²) >= 11 is 3.55. The monoisotopic (exact) mass is 306 g/mol. The molecule has 3 rings (SSSR count). The number of pyridine rings is 1. The number of fused-ring (bicyclic) bond motifs is 1. The third kappa shape index (κ3) is 2.22. The normalized spacial score (nSPS) is 23.4. The molecular weight excluding hydrogens is 292 g/mol. The highest BCUT2D eigenvalue weighted by Gasteiger charge is 2.24. The summed E-state index contributed by atoms with van der Waals surface area (Å²) in [6.45, 7) is 0. The van der Waals surface area contributed by atoms with E-state index in [4.69, 9.17) is 10.5 Å². The Morgan fingerprint density at radius 3 is 2.89 bits per heavy atom. The highest BCUT2D eigenvalue weighted by atomic mass is 79.9. The maximum atomic E-state index is 6.00. The van der Waals surface area contributed by atoms with Crippen molar-refractivity contribution in [2.45, 2.75) is 31.4 Å². The Balaban J connectivity index is 1.94. The average Bonchev–Trinajstić information content (AvgIpc) is 2.76. The Bertz CT molecular complexity index is 573. The van der Waals surface area contributed by atoms with Gasteiger partial charge in [-0.2, -0.15) is 0 Å². The van der Waals surface area contributed by atoms with Crippen LogP contribution < -0.4 is 10.5 Å². The molecular formula is C14H15BrN2O. The lowest BCUT2D eigenvalue weighted by Gasteiger charge is -2.14. The van der Waals surface area contributed by atoms with E-state index in [2.05, 4.69) is 20.9 Å². The predicted molar refractivity (Wildman–Crippen MR) is 75.7 cm³/mol. The van der Waals surface area contributed by atoms with E-state index in [-0.39, 0.29) is 12.1 Å². The van der Waals surface area contributed by atoms with Crippen LogP contribution in [0.4, 0.5) is 0 Å². The number of benzene rings is 1. The average molecular weight is 307 g/mol. The molecule has 1 heterocycles. The molecule has 0 bridgehead atoms. The van der Waals surface area contributed by atoms with E-state index in [1.807, 2.05) is 24.3 Å². The minimum absolute atomic E-state index is 0.206. The highest BCUT2D eigenvalue weighted by Crippen LogP contribution is 2.31. The number of aromatic nitrogens is 1. The molecule has 1 saturated carbocycles. The SMILES string of the molecule is NC1CCC(Oc2nccc3c(Br)cccc23)C1. The van der Waals surface area contributed by atoms with Crippen LogP contribution in [0.1, 0.15) is 19.3 Å². The number of nitrogens with zero attached hydrogens (tertiary/aromatic N) is 1. The van der Waals surface area contributed by atoms with Gasteiger partial charge in [0.2, 0.25) is 5.88 Å². The second kappa shape index (κ2) is 4.86. The van der Waals surface area contributed by atoms with Gasteiger partial charge in [-0.3, -0.25) is 0 Å². The van der Waals surface area contributed by atoms with Crippen LogP contribution in [-0.2, 0) is 0 Å². The van der Waals surface area contributed by atoms with E-state index in [0.717, 1.165) is 34.5 Å². The van der Waals surface area contributed by atoms with Crippen LogP contribution in [-0.4, -0.2) is 17.1 Å². The third-order valence-electron chi connectivity index (χ3n) is 3.42. The third-order valence-corrected chi connectivity index (χ3v) is 4.11. The fourth-order valence-electron chi connectivity index (χ4n) is 2.47. The lowest BCUT2D eigenvalue weighted by atomic mass is 10.2. The van der Waals surface area contributed by atoms with Crippen molar-refractivity contribution in [2.75, 3.05) is 0 Å². The summed E-state index contributed by atoms with van der Waals surface area (Å²) in [5, 5.41) is 2.18. The van der Waals surface area contributed by atoms with Gasteiger partial charge >= 0.3 is 0 Å². The minimum Gasteiger partial charge on any atom is -0.474 e. The topological polar surface area (TPSA) is 48.1 Å². The summed E-state index contributed by atoms with van der Waals surface area (Å²) in [7, 11) is 0. The van der Waals surface area contributed by atoms with Crippen LogP contribution in [0.25, 0.3) is 10.8 Å². The number of rotatable bonds is 2. The number of nitrogens with two attached hydrogens (primary N) is 1. The molecule has 2 N–H and O–H groups in total. The lowest BCUT2D eigenvalue weighted by Crippen LogP contribution is -2.19. The second-order valence-electron chi connectivity index (χ2n) is 4.76. The van der Waals surface area contributed by atoms with Gasteiger partial charge in [0, 0.05) is 27.5 Å². The van der Waals surface area contributed by atoms with Crippen LogP contribution in [0.15, 0.2) is 34.9 Å². The zero-order valence-corrected chi connectivity index (χ0v) is 11.6. The van der Waals surface area contributed by atoms with Crippen molar-refractivity contribution in [3.8, 4) is 5.88 Å². The fraction of sp³-hybridized carbons (Fsp3) is 0.357. The Kier molecular flexibility index (Phi) is 3.22. The maximum Gasteiger partial charge on any atom is 0.221 e. The molecule has 0 saturated heterocycles. The van der Waals surface area contributed by atoms with E-state index < -0.39 is 0 Å².